The maximum Gasteiger partial charge on any atom is 0.243 e. The number of rotatable bonds is 4. The fraction of sp³-hybridized carbons (Fsp3) is 0.571. The van der Waals surface area contributed by atoms with Crippen molar-refractivity contribution in [1.82, 2.24) is 4.72 Å². The largest absolute Gasteiger partial charge is 0.326 e. The number of hydrogen-bond acceptors (Lipinski definition) is 3. The van der Waals surface area contributed by atoms with Gasteiger partial charge in [-0.15, -0.1) is 0 Å². The molecule has 2 rings (SSSR count). The third-order valence-corrected chi connectivity index (χ3v) is 5.36. The average Bonchev–Trinajstić information content (AvgIpc) is 2.41. The molecule has 2 atom stereocenters. The van der Waals surface area contributed by atoms with Gasteiger partial charge in [-0.3, -0.25) is 0 Å². The molecule has 1 aliphatic carbocycles. The Labute approximate surface area is 123 Å². The molecule has 0 radical (unpaired) electrons. The van der Waals surface area contributed by atoms with Crippen molar-refractivity contribution < 1.29 is 17.2 Å². The lowest BCUT2D eigenvalue weighted by Crippen LogP contribution is -2.38. The van der Waals surface area contributed by atoms with E-state index in [2.05, 4.69) is 11.6 Å². The van der Waals surface area contributed by atoms with Gasteiger partial charge in [0.2, 0.25) is 10.0 Å². The van der Waals surface area contributed by atoms with E-state index in [0.29, 0.717) is 18.8 Å². The summed E-state index contributed by atoms with van der Waals surface area (Å²) in [6.07, 6.45) is 3.40. The van der Waals surface area contributed by atoms with Crippen LogP contribution in [0.2, 0.25) is 0 Å². The summed E-state index contributed by atoms with van der Waals surface area (Å²) in [4.78, 5) is -0.666. The molecule has 0 saturated heterocycles. The summed E-state index contributed by atoms with van der Waals surface area (Å²) in [6, 6.07) is 1.77. The third-order valence-electron chi connectivity index (χ3n) is 3.84. The Bertz CT molecular complexity index is 620. The van der Waals surface area contributed by atoms with Gasteiger partial charge >= 0.3 is 0 Å². The van der Waals surface area contributed by atoms with Crippen molar-refractivity contribution in [1.29, 1.82) is 0 Å². The lowest BCUT2D eigenvalue weighted by Gasteiger charge is -2.27. The first-order chi connectivity index (χ1) is 9.83. The summed E-state index contributed by atoms with van der Waals surface area (Å²) in [5, 5.41) is 0. The zero-order valence-electron chi connectivity index (χ0n) is 11.9. The van der Waals surface area contributed by atoms with Crippen LogP contribution in [0, 0.1) is 17.6 Å². The van der Waals surface area contributed by atoms with E-state index < -0.39 is 26.6 Å². The molecule has 21 heavy (non-hydrogen) atoms. The molecule has 0 bridgehead atoms. The molecule has 0 spiro atoms. The van der Waals surface area contributed by atoms with Crippen LogP contribution in [0.3, 0.4) is 0 Å². The molecule has 4 nitrogen and oxygen atoms in total. The Morgan fingerprint density at radius 2 is 2.05 bits per heavy atom. The van der Waals surface area contributed by atoms with Gasteiger partial charge in [0.15, 0.2) is 11.6 Å². The van der Waals surface area contributed by atoms with Gasteiger partial charge in [0.1, 0.15) is 4.90 Å². The van der Waals surface area contributed by atoms with E-state index in [0.717, 1.165) is 25.0 Å². The van der Waals surface area contributed by atoms with Crippen LogP contribution < -0.4 is 10.5 Å². The zero-order valence-corrected chi connectivity index (χ0v) is 12.7. The quantitative estimate of drug-likeness (QED) is 0.894. The number of nitrogens with one attached hydrogen (secondary N) is 1. The predicted octanol–water partition coefficient (Wildman–Crippen LogP) is 2.28. The number of sulfonamides is 1. The Kier molecular flexibility index (Phi) is 4.95. The van der Waals surface area contributed by atoms with Gasteiger partial charge in [-0.1, -0.05) is 19.8 Å². The van der Waals surface area contributed by atoms with Crippen molar-refractivity contribution >= 4 is 10.0 Å². The summed E-state index contributed by atoms with van der Waals surface area (Å²) in [5.41, 5.74) is 5.62. The molecule has 7 heteroatoms. The van der Waals surface area contributed by atoms with Gasteiger partial charge < -0.3 is 5.73 Å². The molecule has 2 unspecified atom stereocenters. The van der Waals surface area contributed by atoms with Gasteiger partial charge in [-0.2, -0.15) is 0 Å². The van der Waals surface area contributed by atoms with E-state index in [-0.39, 0.29) is 18.2 Å². The molecule has 0 aromatic heterocycles. The lowest BCUT2D eigenvalue weighted by atomic mass is 9.88. The van der Waals surface area contributed by atoms with Crippen molar-refractivity contribution in [2.75, 3.05) is 0 Å². The smallest absolute Gasteiger partial charge is 0.243 e. The Morgan fingerprint density at radius 1 is 1.33 bits per heavy atom. The van der Waals surface area contributed by atoms with E-state index in [1.54, 1.807) is 0 Å². The molecule has 118 valence electrons. The average molecular weight is 318 g/mol. The van der Waals surface area contributed by atoms with Crippen LogP contribution in [0.1, 0.15) is 38.2 Å². The van der Waals surface area contributed by atoms with E-state index >= 15 is 0 Å². The minimum atomic E-state index is -4.09. The topological polar surface area (TPSA) is 72.2 Å². The maximum atomic E-state index is 13.8. The molecule has 1 aliphatic rings. The zero-order chi connectivity index (χ0) is 15.6. The van der Waals surface area contributed by atoms with E-state index in [4.69, 9.17) is 5.73 Å². The van der Waals surface area contributed by atoms with Gasteiger partial charge in [0, 0.05) is 12.6 Å². The minimum absolute atomic E-state index is 0.0554. The second-order valence-electron chi connectivity index (χ2n) is 5.68. The number of halogens is 2. The highest BCUT2D eigenvalue weighted by Gasteiger charge is 2.28. The second-order valence-corrected chi connectivity index (χ2v) is 7.37. The second kappa shape index (κ2) is 6.37. The molecular weight excluding hydrogens is 298 g/mol. The first-order valence-corrected chi connectivity index (χ1v) is 8.52. The molecular formula is C14H20F2N2O2S. The first kappa shape index (κ1) is 16.3. The summed E-state index contributed by atoms with van der Waals surface area (Å²) in [7, 11) is -4.09. The molecule has 1 aromatic rings. The Morgan fingerprint density at radius 3 is 2.67 bits per heavy atom. The van der Waals surface area contributed by atoms with E-state index in [9.17, 15) is 17.2 Å². The highest BCUT2D eigenvalue weighted by Crippen LogP contribution is 2.26. The van der Waals surface area contributed by atoms with Gasteiger partial charge in [-0.05, 0) is 36.5 Å². The van der Waals surface area contributed by atoms with Crippen LogP contribution in [0.15, 0.2) is 17.0 Å². The van der Waals surface area contributed by atoms with Crippen LogP contribution in [0.4, 0.5) is 8.78 Å². The van der Waals surface area contributed by atoms with Gasteiger partial charge in [0.25, 0.3) is 0 Å². The summed E-state index contributed by atoms with van der Waals surface area (Å²) in [5.74, 6) is -2.14. The first-order valence-electron chi connectivity index (χ1n) is 7.04. The molecule has 3 N–H and O–H groups in total. The van der Waals surface area contributed by atoms with Crippen molar-refractivity contribution in [3.05, 3.63) is 29.3 Å². The summed E-state index contributed by atoms with van der Waals surface area (Å²) >= 11 is 0. The molecule has 0 aliphatic heterocycles. The Hall–Kier alpha value is -1.05. The van der Waals surface area contributed by atoms with Crippen molar-refractivity contribution in [3.8, 4) is 0 Å². The van der Waals surface area contributed by atoms with Crippen molar-refractivity contribution in [3.63, 3.8) is 0 Å². The van der Waals surface area contributed by atoms with Crippen molar-refractivity contribution in [2.45, 2.75) is 50.1 Å². The predicted molar refractivity (Wildman–Crippen MR) is 76.0 cm³/mol. The van der Waals surface area contributed by atoms with Gasteiger partial charge in [0.05, 0.1) is 0 Å². The Balaban J connectivity index is 2.29. The molecule has 0 heterocycles. The van der Waals surface area contributed by atoms with E-state index in [1.807, 2.05) is 0 Å². The van der Waals surface area contributed by atoms with E-state index in [1.165, 1.54) is 0 Å². The van der Waals surface area contributed by atoms with Crippen LogP contribution in [-0.4, -0.2) is 14.5 Å². The highest BCUT2D eigenvalue weighted by molar-refractivity contribution is 7.89. The molecule has 1 fully saturated rings. The van der Waals surface area contributed by atoms with Crippen LogP contribution in [0.25, 0.3) is 0 Å². The van der Waals surface area contributed by atoms with Crippen LogP contribution in [-0.2, 0) is 16.6 Å². The fourth-order valence-corrected chi connectivity index (χ4v) is 4.17. The SMILES string of the molecule is CC1CCCC(NS(=O)(=O)c2cc(CN)cc(F)c2F)C1. The number of nitrogens with two attached hydrogens (primary N) is 1. The standard InChI is InChI=1S/C14H20F2N2O2S/c1-9-3-2-4-11(5-9)18-21(19,20)13-7-10(8-17)6-12(15)14(13)16/h6-7,9,11,18H,2-5,8,17H2,1H3. The summed E-state index contributed by atoms with van der Waals surface area (Å²) < 4.78 is 54.3. The van der Waals surface area contributed by atoms with Crippen LogP contribution in [0.5, 0.6) is 0 Å². The molecule has 1 saturated carbocycles. The number of benzene rings is 1. The molecule has 1 aromatic carbocycles. The maximum absolute atomic E-state index is 13.8. The minimum Gasteiger partial charge on any atom is -0.326 e. The highest BCUT2D eigenvalue weighted by atomic mass is 32.2. The van der Waals surface area contributed by atoms with Crippen molar-refractivity contribution in [2.24, 2.45) is 11.7 Å². The summed E-state index contributed by atoms with van der Waals surface area (Å²) in [6.45, 7) is 2.00. The third kappa shape index (κ3) is 3.78. The number of hydrogen-bond donors (Lipinski definition) is 2. The normalized spacial score (nSPS) is 23.2. The van der Waals surface area contributed by atoms with Crippen LogP contribution >= 0.6 is 0 Å². The molecule has 0 amide bonds. The lowest BCUT2D eigenvalue weighted by molar-refractivity contribution is 0.327. The van der Waals surface area contributed by atoms with Gasteiger partial charge in [-0.25, -0.2) is 21.9 Å². The fourth-order valence-electron chi connectivity index (χ4n) is 2.75. The monoisotopic (exact) mass is 318 g/mol.